The molecule has 1 aromatic rings. The molecule has 1 atom stereocenters. The highest BCUT2D eigenvalue weighted by molar-refractivity contribution is 9.10. The van der Waals surface area contributed by atoms with Gasteiger partial charge >= 0.3 is 0 Å². The first-order valence-corrected chi connectivity index (χ1v) is 6.90. The molecule has 0 spiro atoms. The quantitative estimate of drug-likeness (QED) is 0.843. The Kier molecular flexibility index (Phi) is 4.38. The molecule has 4 heteroatoms. The number of halogens is 1. The summed E-state index contributed by atoms with van der Waals surface area (Å²) in [4.78, 5) is 14.0. The number of hydrogen-bond donors (Lipinski definition) is 0. The van der Waals surface area contributed by atoms with Gasteiger partial charge < -0.3 is 4.90 Å². The van der Waals surface area contributed by atoms with Crippen molar-refractivity contribution in [3.05, 3.63) is 34.3 Å². The number of nitriles is 1. The molecule has 0 radical (unpaired) electrons. The van der Waals surface area contributed by atoms with Gasteiger partial charge in [-0.2, -0.15) is 5.26 Å². The molecule has 1 aliphatic heterocycles. The topological polar surface area (TPSA) is 44.1 Å². The van der Waals surface area contributed by atoms with E-state index < -0.39 is 0 Å². The lowest BCUT2D eigenvalue weighted by molar-refractivity contribution is -0.131. The molecule has 2 rings (SSSR count). The molecular weight excluding hydrogens is 292 g/mol. The van der Waals surface area contributed by atoms with Crippen LogP contribution in [0.5, 0.6) is 0 Å². The van der Waals surface area contributed by atoms with E-state index in [0.29, 0.717) is 13.0 Å². The Morgan fingerprint density at radius 1 is 1.56 bits per heavy atom. The second kappa shape index (κ2) is 6.01. The smallest absolute Gasteiger partial charge is 0.227 e. The molecule has 0 bridgehead atoms. The SMILES string of the molecule is N#CC1CCCN(C(=O)Cc2cccc(Br)c2)C1. The van der Waals surface area contributed by atoms with Crippen molar-refractivity contribution in [1.82, 2.24) is 4.90 Å². The standard InChI is InChI=1S/C14H15BrN2O/c15-13-5-1-3-11(7-13)8-14(18)17-6-2-4-12(9-16)10-17/h1,3,5,7,12H,2,4,6,8,10H2. The molecule has 0 aliphatic carbocycles. The van der Waals surface area contributed by atoms with Crippen LogP contribution in [0.25, 0.3) is 0 Å². The number of carbonyl (C=O) groups is 1. The number of likely N-dealkylation sites (tertiary alicyclic amines) is 1. The van der Waals surface area contributed by atoms with Crippen LogP contribution in [0, 0.1) is 17.2 Å². The van der Waals surface area contributed by atoms with Crippen molar-refractivity contribution in [2.45, 2.75) is 19.3 Å². The number of carbonyl (C=O) groups excluding carboxylic acids is 1. The minimum absolute atomic E-state index is 0.00482. The van der Waals surface area contributed by atoms with Crippen LogP contribution in [0.3, 0.4) is 0 Å². The van der Waals surface area contributed by atoms with Crippen LogP contribution in [-0.2, 0) is 11.2 Å². The van der Waals surface area contributed by atoms with Gasteiger partial charge in [-0.25, -0.2) is 0 Å². The number of amides is 1. The second-order valence-electron chi connectivity index (χ2n) is 4.61. The van der Waals surface area contributed by atoms with E-state index in [9.17, 15) is 4.79 Å². The molecule has 0 N–H and O–H groups in total. The predicted octanol–water partition coefficient (Wildman–Crippen LogP) is 2.75. The number of piperidine rings is 1. The van der Waals surface area contributed by atoms with Crippen molar-refractivity contribution in [3.63, 3.8) is 0 Å². The Labute approximate surface area is 116 Å². The normalized spacial score (nSPS) is 19.3. The maximum atomic E-state index is 12.1. The molecule has 1 unspecified atom stereocenters. The molecule has 1 aromatic carbocycles. The van der Waals surface area contributed by atoms with E-state index in [1.165, 1.54) is 0 Å². The van der Waals surface area contributed by atoms with Gasteiger partial charge in [0.05, 0.1) is 18.4 Å². The Hall–Kier alpha value is -1.34. The fraction of sp³-hybridized carbons (Fsp3) is 0.429. The van der Waals surface area contributed by atoms with Gasteiger partial charge in [0.25, 0.3) is 0 Å². The summed E-state index contributed by atoms with van der Waals surface area (Å²) in [6.07, 6.45) is 2.26. The third-order valence-corrected chi connectivity index (χ3v) is 3.69. The largest absolute Gasteiger partial charge is 0.341 e. The molecule has 1 amide bonds. The zero-order valence-electron chi connectivity index (χ0n) is 10.1. The lowest BCUT2D eigenvalue weighted by Crippen LogP contribution is -2.40. The van der Waals surface area contributed by atoms with E-state index in [-0.39, 0.29) is 11.8 Å². The molecule has 18 heavy (non-hydrogen) atoms. The van der Waals surface area contributed by atoms with Gasteiger partial charge in [0.15, 0.2) is 0 Å². The van der Waals surface area contributed by atoms with Gasteiger partial charge in [0, 0.05) is 17.6 Å². The van der Waals surface area contributed by atoms with Gasteiger partial charge in [-0.05, 0) is 30.5 Å². The monoisotopic (exact) mass is 306 g/mol. The van der Waals surface area contributed by atoms with Crippen molar-refractivity contribution in [1.29, 1.82) is 5.26 Å². The van der Waals surface area contributed by atoms with Crippen molar-refractivity contribution in [3.8, 4) is 6.07 Å². The van der Waals surface area contributed by atoms with Crippen LogP contribution in [0.4, 0.5) is 0 Å². The molecule has 3 nitrogen and oxygen atoms in total. The van der Waals surface area contributed by atoms with Crippen molar-refractivity contribution in [2.24, 2.45) is 5.92 Å². The zero-order chi connectivity index (χ0) is 13.0. The number of benzene rings is 1. The molecule has 1 saturated heterocycles. The van der Waals surface area contributed by atoms with Crippen molar-refractivity contribution >= 4 is 21.8 Å². The summed E-state index contributed by atoms with van der Waals surface area (Å²) in [6.45, 7) is 1.37. The maximum absolute atomic E-state index is 12.1. The van der Waals surface area contributed by atoms with Crippen molar-refractivity contribution < 1.29 is 4.79 Å². The summed E-state index contributed by atoms with van der Waals surface area (Å²) in [5, 5.41) is 8.92. The highest BCUT2D eigenvalue weighted by atomic mass is 79.9. The fourth-order valence-corrected chi connectivity index (χ4v) is 2.69. The average Bonchev–Trinajstić information content (AvgIpc) is 2.39. The molecule has 0 aromatic heterocycles. The fourth-order valence-electron chi connectivity index (χ4n) is 2.24. The summed E-state index contributed by atoms with van der Waals surface area (Å²) in [7, 11) is 0. The van der Waals surface area contributed by atoms with Gasteiger partial charge in [-0.1, -0.05) is 28.1 Å². The van der Waals surface area contributed by atoms with Crippen LogP contribution in [0.2, 0.25) is 0 Å². The molecule has 1 heterocycles. The van der Waals surface area contributed by atoms with Gasteiger partial charge in [-0.3, -0.25) is 4.79 Å². The van der Waals surface area contributed by atoms with Crippen LogP contribution in [0.1, 0.15) is 18.4 Å². The second-order valence-corrected chi connectivity index (χ2v) is 5.53. The lowest BCUT2D eigenvalue weighted by Gasteiger charge is -2.29. The average molecular weight is 307 g/mol. The summed E-state index contributed by atoms with van der Waals surface area (Å²) < 4.78 is 0.987. The first-order valence-electron chi connectivity index (χ1n) is 6.11. The highest BCUT2D eigenvalue weighted by Crippen LogP contribution is 2.18. The van der Waals surface area contributed by atoms with Crippen molar-refractivity contribution in [2.75, 3.05) is 13.1 Å². The van der Waals surface area contributed by atoms with E-state index in [2.05, 4.69) is 22.0 Å². The summed E-state index contributed by atoms with van der Waals surface area (Å²) in [6, 6.07) is 10.1. The third kappa shape index (κ3) is 3.33. The molecule has 1 aliphatic rings. The predicted molar refractivity (Wildman–Crippen MR) is 72.8 cm³/mol. The molecular formula is C14H15BrN2O. The van der Waals surface area contributed by atoms with E-state index >= 15 is 0 Å². The highest BCUT2D eigenvalue weighted by Gasteiger charge is 2.23. The summed E-state index contributed by atoms with van der Waals surface area (Å²) in [5.74, 6) is 0.123. The van der Waals surface area contributed by atoms with Gasteiger partial charge in [0.2, 0.25) is 5.91 Å². The Morgan fingerprint density at radius 3 is 3.11 bits per heavy atom. The van der Waals surface area contributed by atoms with Crippen LogP contribution < -0.4 is 0 Å². The maximum Gasteiger partial charge on any atom is 0.227 e. The Bertz CT molecular complexity index is 481. The Balaban J connectivity index is 1.98. The number of rotatable bonds is 2. The minimum atomic E-state index is 0.00482. The molecule has 94 valence electrons. The van der Waals surface area contributed by atoms with Crippen LogP contribution in [-0.4, -0.2) is 23.9 Å². The first kappa shape index (κ1) is 13.1. The number of nitrogens with zero attached hydrogens (tertiary/aromatic N) is 2. The van der Waals surface area contributed by atoms with E-state index in [1.54, 1.807) is 0 Å². The minimum Gasteiger partial charge on any atom is -0.341 e. The third-order valence-electron chi connectivity index (χ3n) is 3.20. The van der Waals surface area contributed by atoms with Gasteiger partial charge in [-0.15, -0.1) is 0 Å². The molecule has 0 saturated carbocycles. The molecule has 1 fully saturated rings. The summed E-state index contributed by atoms with van der Waals surface area (Å²) in [5.41, 5.74) is 1.01. The number of hydrogen-bond acceptors (Lipinski definition) is 2. The van der Waals surface area contributed by atoms with Crippen LogP contribution >= 0.6 is 15.9 Å². The lowest BCUT2D eigenvalue weighted by atomic mass is 9.99. The van der Waals surface area contributed by atoms with E-state index in [4.69, 9.17) is 5.26 Å². The first-order chi connectivity index (χ1) is 8.69. The van der Waals surface area contributed by atoms with E-state index in [1.807, 2.05) is 29.2 Å². The summed E-state index contributed by atoms with van der Waals surface area (Å²) >= 11 is 3.40. The van der Waals surface area contributed by atoms with E-state index in [0.717, 1.165) is 29.4 Å². The van der Waals surface area contributed by atoms with Gasteiger partial charge in [0.1, 0.15) is 0 Å². The van der Waals surface area contributed by atoms with Crippen LogP contribution in [0.15, 0.2) is 28.7 Å². The zero-order valence-corrected chi connectivity index (χ0v) is 11.7. The Morgan fingerprint density at radius 2 is 2.39 bits per heavy atom.